The number of nitrogens with one attached hydrogen (secondary N) is 1. The molecule has 0 unspecified atom stereocenters. The van der Waals surface area contributed by atoms with Crippen LogP contribution >= 0.6 is 23.2 Å². The second kappa shape index (κ2) is 7.36. The van der Waals surface area contributed by atoms with Crippen LogP contribution in [-0.2, 0) is 15.0 Å². The van der Waals surface area contributed by atoms with E-state index in [1.807, 2.05) is 0 Å². The van der Waals surface area contributed by atoms with Crippen molar-refractivity contribution in [1.29, 1.82) is 0 Å². The van der Waals surface area contributed by atoms with Crippen molar-refractivity contribution in [3.05, 3.63) is 28.2 Å². The van der Waals surface area contributed by atoms with Gasteiger partial charge in [0.15, 0.2) is 0 Å². The molecule has 0 aliphatic carbocycles. The average molecular weight is 380 g/mol. The van der Waals surface area contributed by atoms with Crippen LogP contribution in [0.5, 0.6) is 0 Å². The number of hydrogen-bond acceptors (Lipinski definition) is 3. The molecule has 1 atom stereocenters. The maximum Gasteiger partial charge on any atom is 0.281 e. The normalized spacial score (nSPS) is 19.8. The standard InChI is InChI=1S/C14H19Cl2N3O3S/c1-18(2)23(21,22)19-7-3-4-10(9-19)14(20)17-13-8-11(15)5-6-12(13)16/h5-6,8,10H,3-4,7,9H2,1-2H3,(H,17,20)/t10-/m0/s1. The molecule has 1 N–H and O–H groups in total. The van der Waals surface area contributed by atoms with Gasteiger partial charge in [-0.2, -0.15) is 17.0 Å². The van der Waals surface area contributed by atoms with Crippen molar-refractivity contribution in [3.63, 3.8) is 0 Å². The van der Waals surface area contributed by atoms with Crippen LogP contribution in [0.3, 0.4) is 0 Å². The van der Waals surface area contributed by atoms with E-state index in [1.165, 1.54) is 18.4 Å². The highest BCUT2D eigenvalue weighted by molar-refractivity contribution is 7.86. The van der Waals surface area contributed by atoms with Crippen molar-refractivity contribution in [1.82, 2.24) is 8.61 Å². The van der Waals surface area contributed by atoms with Gasteiger partial charge in [-0.15, -0.1) is 0 Å². The number of nitrogens with zero attached hydrogens (tertiary/aromatic N) is 2. The summed E-state index contributed by atoms with van der Waals surface area (Å²) in [6, 6.07) is 4.80. The van der Waals surface area contributed by atoms with E-state index in [1.54, 1.807) is 18.2 Å². The molecule has 1 aromatic carbocycles. The van der Waals surface area contributed by atoms with Crippen LogP contribution in [0, 0.1) is 5.92 Å². The molecule has 0 radical (unpaired) electrons. The number of rotatable bonds is 4. The van der Waals surface area contributed by atoms with Crippen molar-refractivity contribution in [2.24, 2.45) is 5.92 Å². The Morgan fingerprint density at radius 2 is 2.04 bits per heavy atom. The zero-order chi connectivity index (χ0) is 17.2. The lowest BCUT2D eigenvalue weighted by Crippen LogP contribution is -2.47. The highest BCUT2D eigenvalue weighted by atomic mass is 35.5. The third-order valence-corrected chi connectivity index (χ3v) is 6.20. The van der Waals surface area contributed by atoms with Crippen molar-refractivity contribution >= 4 is 45.0 Å². The van der Waals surface area contributed by atoms with Gasteiger partial charge in [0, 0.05) is 32.2 Å². The zero-order valence-electron chi connectivity index (χ0n) is 12.9. The Balaban J connectivity index is 2.09. The number of hydrogen-bond donors (Lipinski definition) is 1. The molecule has 6 nitrogen and oxygen atoms in total. The largest absolute Gasteiger partial charge is 0.324 e. The maximum atomic E-state index is 12.4. The third kappa shape index (κ3) is 4.36. The third-order valence-electron chi connectivity index (χ3n) is 3.73. The molecule has 0 bridgehead atoms. The van der Waals surface area contributed by atoms with E-state index in [4.69, 9.17) is 23.2 Å². The fourth-order valence-electron chi connectivity index (χ4n) is 2.43. The molecule has 9 heteroatoms. The van der Waals surface area contributed by atoms with Crippen LogP contribution < -0.4 is 5.32 Å². The van der Waals surface area contributed by atoms with Crippen molar-refractivity contribution in [3.8, 4) is 0 Å². The van der Waals surface area contributed by atoms with E-state index in [0.717, 1.165) is 4.31 Å². The first kappa shape index (κ1) is 18.5. The first-order valence-electron chi connectivity index (χ1n) is 7.15. The molecule has 0 aromatic heterocycles. The Morgan fingerprint density at radius 3 is 2.70 bits per heavy atom. The molecule has 0 spiro atoms. The van der Waals surface area contributed by atoms with Crippen LogP contribution in [0.15, 0.2) is 18.2 Å². The molecule has 1 heterocycles. The summed E-state index contributed by atoms with van der Waals surface area (Å²) in [4.78, 5) is 12.4. The number of anilines is 1. The smallest absolute Gasteiger partial charge is 0.281 e. The van der Waals surface area contributed by atoms with Gasteiger partial charge in [-0.1, -0.05) is 23.2 Å². The lowest BCUT2D eigenvalue weighted by atomic mass is 9.99. The molecule has 2 rings (SSSR count). The summed E-state index contributed by atoms with van der Waals surface area (Å²) in [5, 5.41) is 3.58. The molecule has 1 fully saturated rings. The minimum atomic E-state index is -3.51. The van der Waals surface area contributed by atoms with Crippen LogP contribution in [-0.4, -0.2) is 50.1 Å². The summed E-state index contributed by atoms with van der Waals surface area (Å²) in [5.41, 5.74) is 0.428. The second-order valence-corrected chi connectivity index (χ2v) is 8.59. The first-order valence-corrected chi connectivity index (χ1v) is 9.30. The highest BCUT2D eigenvalue weighted by Crippen LogP contribution is 2.27. The Morgan fingerprint density at radius 1 is 1.35 bits per heavy atom. The van der Waals surface area contributed by atoms with E-state index in [2.05, 4.69) is 5.32 Å². The molecule has 23 heavy (non-hydrogen) atoms. The van der Waals surface area contributed by atoms with E-state index >= 15 is 0 Å². The summed E-state index contributed by atoms with van der Waals surface area (Å²) >= 11 is 11.9. The fourth-order valence-corrected chi connectivity index (χ4v) is 3.95. The highest BCUT2D eigenvalue weighted by Gasteiger charge is 2.33. The molecule has 1 aliphatic heterocycles. The molecule has 0 saturated carbocycles. The quantitative estimate of drug-likeness (QED) is 0.873. The van der Waals surface area contributed by atoms with Crippen LogP contribution in [0.4, 0.5) is 5.69 Å². The summed E-state index contributed by atoms with van der Waals surface area (Å²) in [6.07, 6.45) is 1.26. The summed E-state index contributed by atoms with van der Waals surface area (Å²) in [5.74, 6) is -0.679. The van der Waals surface area contributed by atoms with Gasteiger partial charge >= 0.3 is 0 Å². The van der Waals surface area contributed by atoms with Gasteiger partial charge < -0.3 is 5.32 Å². The second-order valence-electron chi connectivity index (χ2n) is 5.60. The van der Waals surface area contributed by atoms with Gasteiger partial charge in [-0.25, -0.2) is 0 Å². The number of halogens is 2. The zero-order valence-corrected chi connectivity index (χ0v) is 15.2. The molecule has 1 saturated heterocycles. The number of carbonyl (C=O) groups is 1. The fraction of sp³-hybridized carbons (Fsp3) is 0.500. The predicted octanol–water partition coefficient (Wildman–Crippen LogP) is 2.45. The van der Waals surface area contributed by atoms with Gasteiger partial charge in [0.1, 0.15) is 0 Å². The molecule has 128 valence electrons. The molecule has 1 amide bonds. The van der Waals surface area contributed by atoms with Gasteiger partial charge in [-0.05, 0) is 31.0 Å². The van der Waals surface area contributed by atoms with Gasteiger partial charge in [0.25, 0.3) is 10.2 Å². The Kier molecular flexibility index (Phi) is 5.91. The van der Waals surface area contributed by atoms with Gasteiger partial charge in [0.05, 0.1) is 16.6 Å². The average Bonchev–Trinajstić information content (AvgIpc) is 2.50. The number of piperidine rings is 1. The summed E-state index contributed by atoms with van der Waals surface area (Å²) in [6.45, 7) is 0.576. The summed E-state index contributed by atoms with van der Waals surface area (Å²) in [7, 11) is -0.561. The van der Waals surface area contributed by atoms with Gasteiger partial charge in [0.2, 0.25) is 5.91 Å². The van der Waals surface area contributed by atoms with Crippen molar-refractivity contribution in [2.75, 3.05) is 32.5 Å². The van der Waals surface area contributed by atoms with Crippen molar-refractivity contribution in [2.45, 2.75) is 12.8 Å². The van der Waals surface area contributed by atoms with Crippen LogP contribution in [0.1, 0.15) is 12.8 Å². The van der Waals surface area contributed by atoms with E-state index in [-0.39, 0.29) is 12.5 Å². The first-order chi connectivity index (χ1) is 10.7. The van der Waals surface area contributed by atoms with E-state index in [0.29, 0.717) is 35.1 Å². The van der Waals surface area contributed by atoms with E-state index in [9.17, 15) is 13.2 Å². The van der Waals surface area contributed by atoms with Crippen LogP contribution in [0.25, 0.3) is 0 Å². The SMILES string of the molecule is CN(C)S(=O)(=O)N1CCC[C@H](C(=O)Nc2cc(Cl)ccc2Cl)C1. The number of benzene rings is 1. The lowest BCUT2D eigenvalue weighted by molar-refractivity contribution is -0.120. The van der Waals surface area contributed by atoms with E-state index < -0.39 is 16.1 Å². The number of amides is 1. The van der Waals surface area contributed by atoms with Gasteiger partial charge in [-0.3, -0.25) is 4.79 Å². The Hall–Kier alpha value is -0.860. The number of carbonyl (C=O) groups excluding carboxylic acids is 1. The molecule has 1 aliphatic rings. The summed E-state index contributed by atoms with van der Waals surface area (Å²) < 4.78 is 26.9. The van der Waals surface area contributed by atoms with Crippen molar-refractivity contribution < 1.29 is 13.2 Å². The minimum Gasteiger partial charge on any atom is -0.324 e. The lowest BCUT2D eigenvalue weighted by Gasteiger charge is -2.32. The topological polar surface area (TPSA) is 69.7 Å². The maximum absolute atomic E-state index is 12.4. The minimum absolute atomic E-state index is 0.157. The molecular formula is C14H19Cl2N3O3S. The monoisotopic (exact) mass is 379 g/mol. The molecular weight excluding hydrogens is 361 g/mol. The Labute approximate surface area is 146 Å². The predicted molar refractivity (Wildman–Crippen MR) is 92.0 cm³/mol. The van der Waals surface area contributed by atoms with Crippen LogP contribution in [0.2, 0.25) is 10.0 Å². The Bertz CT molecular complexity index is 695. The molecule has 1 aromatic rings.